The van der Waals surface area contributed by atoms with Crippen molar-refractivity contribution in [3.8, 4) is 5.69 Å². The molecule has 27 heavy (non-hydrogen) atoms. The standard InChI is InChI=1S/C17H15BN2O5.C2H6/c1-2-25-17(22)14-10-20(12-6-3-5-11(9-12)18(23)24)16-13(15(14)21)7-4-8-19-16;1-2/h3-10,23-24H,2H2,1H3;1-2H3. The van der Waals surface area contributed by atoms with Crippen molar-refractivity contribution in [2.24, 2.45) is 0 Å². The lowest BCUT2D eigenvalue weighted by atomic mass is 9.80. The molecular formula is C19H21BN2O5. The Morgan fingerprint density at radius 1 is 1.22 bits per heavy atom. The number of carbonyl (C=O) groups excluding carboxylic acids is 1. The molecule has 8 heteroatoms. The third-order valence-corrected chi connectivity index (χ3v) is 3.70. The van der Waals surface area contributed by atoms with Gasteiger partial charge in [-0.2, -0.15) is 0 Å². The minimum atomic E-state index is -1.64. The molecule has 0 aliphatic rings. The van der Waals surface area contributed by atoms with Gasteiger partial charge in [-0.3, -0.25) is 4.79 Å². The fourth-order valence-electron chi connectivity index (χ4n) is 2.55. The van der Waals surface area contributed by atoms with Crippen LogP contribution in [0.4, 0.5) is 0 Å². The highest BCUT2D eigenvalue weighted by Crippen LogP contribution is 2.15. The third-order valence-electron chi connectivity index (χ3n) is 3.70. The summed E-state index contributed by atoms with van der Waals surface area (Å²) in [4.78, 5) is 28.9. The molecule has 0 atom stereocenters. The zero-order chi connectivity index (χ0) is 20.0. The van der Waals surface area contributed by atoms with E-state index in [1.54, 1.807) is 41.8 Å². The fraction of sp³-hybridized carbons (Fsp3) is 0.211. The predicted octanol–water partition coefficient (Wildman–Crippen LogP) is 1.27. The van der Waals surface area contributed by atoms with Crippen molar-refractivity contribution in [1.29, 1.82) is 0 Å². The van der Waals surface area contributed by atoms with Crippen molar-refractivity contribution < 1.29 is 19.6 Å². The van der Waals surface area contributed by atoms with Crippen LogP contribution in [0.1, 0.15) is 31.1 Å². The van der Waals surface area contributed by atoms with Crippen molar-refractivity contribution in [2.75, 3.05) is 6.61 Å². The van der Waals surface area contributed by atoms with Gasteiger partial charge < -0.3 is 19.4 Å². The van der Waals surface area contributed by atoms with Crippen LogP contribution in [-0.4, -0.2) is 39.3 Å². The molecule has 0 aliphatic heterocycles. The normalized spacial score (nSPS) is 10.1. The zero-order valence-corrected chi connectivity index (χ0v) is 15.4. The van der Waals surface area contributed by atoms with Gasteiger partial charge in [0.2, 0.25) is 5.43 Å². The number of hydrogen-bond donors (Lipinski definition) is 2. The van der Waals surface area contributed by atoms with E-state index in [0.717, 1.165) is 0 Å². The van der Waals surface area contributed by atoms with E-state index in [1.165, 1.54) is 18.5 Å². The van der Waals surface area contributed by atoms with Gasteiger partial charge in [0.1, 0.15) is 11.2 Å². The van der Waals surface area contributed by atoms with Crippen LogP contribution in [0, 0.1) is 0 Å². The van der Waals surface area contributed by atoms with E-state index in [-0.39, 0.29) is 23.0 Å². The molecule has 2 N–H and O–H groups in total. The number of esters is 1. The number of benzene rings is 1. The smallest absolute Gasteiger partial charge is 0.462 e. The van der Waals surface area contributed by atoms with Crippen molar-refractivity contribution in [3.05, 3.63) is 64.6 Å². The van der Waals surface area contributed by atoms with E-state index in [4.69, 9.17) is 4.74 Å². The Hall–Kier alpha value is -2.97. The molecule has 3 aromatic rings. The summed E-state index contributed by atoms with van der Waals surface area (Å²) in [6, 6.07) is 9.63. The first kappa shape index (κ1) is 20.3. The molecule has 0 fully saturated rings. The van der Waals surface area contributed by atoms with Gasteiger partial charge in [-0.15, -0.1) is 0 Å². The highest BCUT2D eigenvalue weighted by Gasteiger charge is 2.18. The van der Waals surface area contributed by atoms with Gasteiger partial charge in [-0.1, -0.05) is 26.0 Å². The van der Waals surface area contributed by atoms with E-state index in [1.807, 2.05) is 13.8 Å². The number of nitrogens with zero attached hydrogens (tertiary/aromatic N) is 2. The number of aromatic nitrogens is 2. The minimum Gasteiger partial charge on any atom is -0.462 e. The quantitative estimate of drug-likeness (QED) is 0.531. The molecule has 0 aliphatic carbocycles. The Labute approximate surface area is 157 Å². The Morgan fingerprint density at radius 2 is 1.96 bits per heavy atom. The number of rotatable bonds is 4. The minimum absolute atomic E-state index is 0.114. The molecular weight excluding hydrogens is 347 g/mol. The van der Waals surface area contributed by atoms with Crippen molar-refractivity contribution in [2.45, 2.75) is 20.8 Å². The Bertz CT molecular complexity index is 1000. The molecule has 0 spiro atoms. The SMILES string of the molecule is CC.CCOC(=O)c1cn(-c2cccc(B(O)O)c2)c2ncccc2c1=O. The summed E-state index contributed by atoms with van der Waals surface area (Å²) in [7, 11) is -1.64. The monoisotopic (exact) mass is 368 g/mol. The second-order valence-electron chi connectivity index (χ2n) is 5.31. The lowest BCUT2D eigenvalue weighted by Gasteiger charge is -2.13. The molecule has 140 valence electrons. The van der Waals surface area contributed by atoms with Crippen molar-refractivity contribution in [1.82, 2.24) is 9.55 Å². The molecule has 1 aromatic carbocycles. The highest BCUT2D eigenvalue weighted by atomic mass is 16.5. The second kappa shape index (κ2) is 9.11. The number of hydrogen-bond acceptors (Lipinski definition) is 6. The third kappa shape index (κ3) is 4.24. The molecule has 2 aromatic heterocycles. The maximum atomic E-state index is 12.6. The van der Waals surface area contributed by atoms with E-state index < -0.39 is 18.5 Å². The number of pyridine rings is 2. The number of carbonyl (C=O) groups is 1. The van der Waals surface area contributed by atoms with Crippen LogP contribution >= 0.6 is 0 Å². The van der Waals surface area contributed by atoms with Crippen LogP contribution < -0.4 is 10.9 Å². The molecule has 0 bridgehead atoms. The lowest BCUT2D eigenvalue weighted by molar-refractivity contribution is 0.0524. The van der Waals surface area contributed by atoms with Crippen LogP contribution in [0.25, 0.3) is 16.7 Å². The topological polar surface area (TPSA) is 102 Å². The van der Waals surface area contributed by atoms with Gasteiger partial charge in [-0.25, -0.2) is 9.78 Å². The van der Waals surface area contributed by atoms with E-state index >= 15 is 0 Å². The maximum Gasteiger partial charge on any atom is 0.488 e. The largest absolute Gasteiger partial charge is 0.488 e. The number of fused-ring (bicyclic) bond motifs is 1. The van der Waals surface area contributed by atoms with E-state index in [0.29, 0.717) is 11.3 Å². The molecule has 2 heterocycles. The van der Waals surface area contributed by atoms with Gasteiger partial charge in [-0.05, 0) is 36.7 Å². The lowest BCUT2D eigenvalue weighted by Crippen LogP contribution is -2.30. The molecule has 0 saturated heterocycles. The first-order valence-corrected chi connectivity index (χ1v) is 8.67. The summed E-state index contributed by atoms with van der Waals surface area (Å²) >= 11 is 0. The predicted molar refractivity (Wildman–Crippen MR) is 104 cm³/mol. The number of ether oxygens (including phenoxy) is 1. The first-order valence-electron chi connectivity index (χ1n) is 8.67. The fourth-order valence-corrected chi connectivity index (χ4v) is 2.55. The molecule has 0 unspecified atom stereocenters. The summed E-state index contributed by atoms with van der Waals surface area (Å²) in [5, 5.41) is 19.0. The Kier molecular flexibility index (Phi) is 6.87. The van der Waals surface area contributed by atoms with Crippen molar-refractivity contribution in [3.63, 3.8) is 0 Å². The molecule has 3 rings (SSSR count). The Morgan fingerprint density at radius 3 is 2.63 bits per heavy atom. The van der Waals surface area contributed by atoms with Gasteiger partial charge in [0.15, 0.2) is 0 Å². The van der Waals surface area contributed by atoms with E-state index in [2.05, 4.69) is 4.98 Å². The average molecular weight is 368 g/mol. The molecule has 0 saturated carbocycles. The first-order chi connectivity index (χ1) is 13.0. The summed E-state index contributed by atoms with van der Waals surface area (Å²) in [6.07, 6.45) is 2.89. The van der Waals surface area contributed by atoms with Gasteiger partial charge in [0, 0.05) is 18.1 Å². The van der Waals surface area contributed by atoms with Crippen LogP contribution in [0.2, 0.25) is 0 Å². The summed E-state index contributed by atoms with van der Waals surface area (Å²) < 4.78 is 6.51. The molecule has 0 radical (unpaired) electrons. The highest BCUT2D eigenvalue weighted by molar-refractivity contribution is 6.58. The average Bonchev–Trinajstić information content (AvgIpc) is 2.70. The Balaban J connectivity index is 0.00000126. The molecule has 0 amide bonds. The van der Waals surface area contributed by atoms with Gasteiger partial charge >= 0.3 is 13.1 Å². The van der Waals surface area contributed by atoms with Crippen LogP contribution in [0.15, 0.2) is 53.6 Å². The summed E-state index contributed by atoms with van der Waals surface area (Å²) in [5.74, 6) is -0.717. The maximum absolute atomic E-state index is 12.6. The molecule has 7 nitrogen and oxygen atoms in total. The zero-order valence-electron chi connectivity index (χ0n) is 15.4. The van der Waals surface area contributed by atoms with Crippen molar-refractivity contribution >= 4 is 29.6 Å². The van der Waals surface area contributed by atoms with Gasteiger partial charge in [0.25, 0.3) is 0 Å². The van der Waals surface area contributed by atoms with Gasteiger partial charge in [0.05, 0.1) is 12.0 Å². The van der Waals surface area contributed by atoms with Crippen LogP contribution in [0.3, 0.4) is 0 Å². The van der Waals surface area contributed by atoms with Crippen LogP contribution in [0.5, 0.6) is 0 Å². The summed E-state index contributed by atoms with van der Waals surface area (Å²) in [6.45, 7) is 5.81. The summed E-state index contributed by atoms with van der Waals surface area (Å²) in [5.41, 5.74) is 0.580. The van der Waals surface area contributed by atoms with E-state index in [9.17, 15) is 19.6 Å². The second-order valence-corrected chi connectivity index (χ2v) is 5.31. The van der Waals surface area contributed by atoms with Crippen LogP contribution in [-0.2, 0) is 4.74 Å².